The van der Waals surface area contributed by atoms with Gasteiger partial charge < -0.3 is 0 Å². The predicted molar refractivity (Wildman–Crippen MR) is 107 cm³/mol. The van der Waals surface area contributed by atoms with Gasteiger partial charge in [-0.25, -0.2) is 0 Å². The van der Waals surface area contributed by atoms with Crippen LogP contribution in [0.25, 0.3) is 16.5 Å². The van der Waals surface area contributed by atoms with Gasteiger partial charge in [-0.2, -0.15) is 9.78 Å². The number of nitrogens with zero attached hydrogens (tertiary/aromatic N) is 3. The first-order chi connectivity index (χ1) is 14.1. The van der Waals surface area contributed by atoms with Gasteiger partial charge >= 0.3 is 0 Å². The van der Waals surface area contributed by atoms with Crippen LogP contribution in [0.1, 0.15) is 21.0 Å². The van der Waals surface area contributed by atoms with Crippen molar-refractivity contribution < 1.29 is 9.59 Å². The molecule has 142 valence electrons. The molecule has 4 rings (SSSR count). The molecule has 2 amide bonds. The van der Waals surface area contributed by atoms with E-state index in [0.717, 1.165) is 4.68 Å². The molecule has 0 bridgehead atoms. The lowest BCUT2D eigenvalue weighted by Gasteiger charge is -2.11. The molecule has 0 spiro atoms. The first-order valence-corrected chi connectivity index (χ1v) is 8.74. The topological polar surface area (TPSA) is 106 Å². The summed E-state index contributed by atoms with van der Waals surface area (Å²) in [6.45, 7) is 0. The third-order valence-electron chi connectivity index (χ3n) is 4.21. The molecule has 0 aliphatic heterocycles. The molecule has 0 fully saturated rings. The van der Waals surface area contributed by atoms with Crippen LogP contribution < -0.4 is 16.4 Å². The van der Waals surface area contributed by atoms with Crippen molar-refractivity contribution in [3.8, 4) is 5.69 Å². The normalized spacial score (nSPS) is 10.5. The van der Waals surface area contributed by atoms with Crippen molar-refractivity contribution in [2.24, 2.45) is 0 Å². The smallest absolute Gasteiger partial charge is 0.267 e. The first kappa shape index (κ1) is 18.1. The second kappa shape index (κ2) is 7.73. The Hall–Kier alpha value is -4.33. The quantitative estimate of drug-likeness (QED) is 0.524. The average Bonchev–Trinajstić information content (AvgIpc) is 2.79. The summed E-state index contributed by atoms with van der Waals surface area (Å²) in [5.74, 6) is -1.23. The Balaban J connectivity index is 1.71. The first-order valence-electron chi connectivity index (χ1n) is 8.74. The number of aromatic nitrogens is 3. The van der Waals surface area contributed by atoms with E-state index in [0.29, 0.717) is 16.5 Å². The minimum atomic E-state index is -0.657. The third-order valence-corrected chi connectivity index (χ3v) is 4.21. The van der Waals surface area contributed by atoms with E-state index in [1.54, 1.807) is 60.7 Å². The van der Waals surface area contributed by atoms with Crippen molar-refractivity contribution in [3.63, 3.8) is 0 Å². The van der Waals surface area contributed by atoms with Gasteiger partial charge in [0.15, 0.2) is 5.69 Å². The maximum Gasteiger partial charge on any atom is 0.290 e. The van der Waals surface area contributed by atoms with E-state index < -0.39 is 11.8 Å². The van der Waals surface area contributed by atoms with E-state index in [4.69, 9.17) is 0 Å². The van der Waals surface area contributed by atoms with Crippen LogP contribution in [0.5, 0.6) is 0 Å². The Morgan fingerprint density at radius 2 is 1.41 bits per heavy atom. The summed E-state index contributed by atoms with van der Waals surface area (Å²) in [6.07, 6.45) is 1.47. The minimum absolute atomic E-state index is 0.00498. The maximum atomic E-state index is 12.8. The van der Waals surface area contributed by atoms with Gasteiger partial charge in [0.25, 0.3) is 17.4 Å². The van der Waals surface area contributed by atoms with Crippen molar-refractivity contribution in [3.05, 3.63) is 101 Å². The highest BCUT2D eigenvalue weighted by Gasteiger charge is 2.18. The number of hydrogen-bond acceptors (Lipinski definition) is 5. The molecule has 0 saturated heterocycles. The lowest BCUT2D eigenvalue weighted by atomic mass is 10.1. The number of carbonyl (C=O) groups excluding carboxylic acids is 2. The Kier molecular flexibility index (Phi) is 4.81. The van der Waals surface area contributed by atoms with Crippen LogP contribution in [0.2, 0.25) is 0 Å². The molecule has 4 aromatic rings. The summed E-state index contributed by atoms with van der Waals surface area (Å²) in [5.41, 5.74) is 4.97. The molecule has 8 heteroatoms. The van der Waals surface area contributed by atoms with E-state index in [1.807, 2.05) is 6.07 Å². The van der Waals surface area contributed by atoms with E-state index >= 15 is 0 Å². The zero-order valence-corrected chi connectivity index (χ0v) is 15.1. The largest absolute Gasteiger partial charge is 0.290 e. The molecule has 0 radical (unpaired) electrons. The van der Waals surface area contributed by atoms with Crippen LogP contribution in [0.4, 0.5) is 0 Å². The average molecular weight is 385 g/mol. The highest BCUT2D eigenvalue weighted by Crippen LogP contribution is 2.15. The summed E-state index contributed by atoms with van der Waals surface area (Å²) in [4.78, 5) is 41.7. The fourth-order valence-electron chi connectivity index (χ4n) is 2.84. The molecule has 0 aliphatic carbocycles. The van der Waals surface area contributed by atoms with Crippen LogP contribution in [0.15, 0.2) is 83.8 Å². The minimum Gasteiger partial charge on any atom is -0.267 e. The van der Waals surface area contributed by atoms with Crippen molar-refractivity contribution in [1.29, 1.82) is 0 Å². The second-order valence-corrected chi connectivity index (χ2v) is 6.07. The molecule has 0 aliphatic rings. The number of nitrogens with one attached hydrogen (secondary N) is 2. The van der Waals surface area contributed by atoms with Gasteiger partial charge in [0, 0.05) is 11.6 Å². The van der Waals surface area contributed by atoms with Crippen molar-refractivity contribution >= 4 is 22.6 Å². The summed E-state index contributed by atoms with van der Waals surface area (Å²) in [5, 5.41) is 4.97. The van der Waals surface area contributed by atoms with Gasteiger partial charge in [-0.1, -0.05) is 42.5 Å². The number of carbonyl (C=O) groups is 2. The van der Waals surface area contributed by atoms with Crippen LogP contribution in [0, 0.1) is 0 Å². The Bertz CT molecular complexity index is 1250. The van der Waals surface area contributed by atoms with E-state index in [-0.39, 0.29) is 16.9 Å². The molecule has 2 heterocycles. The number of benzene rings is 2. The summed E-state index contributed by atoms with van der Waals surface area (Å²) < 4.78 is 1.16. The lowest BCUT2D eigenvalue weighted by Crippen LogP contribution is -2.43. The van der Waals surface area contributed by atoms with Crippen molar-refractivity contribution in [2.75, 3.05) is 0 Å². The van der Waals surface area contributed by atoms with Gasteiger partial charge in [-0.05, 0) is 30.3 Å². The number of hydrogen-bond donors (Lipinski definition) is 2. The van der Waals surface area contributed by atoms with E-state index in [9.17, 15) is 14.4 Å². The van der Waals surface area contributed by atoms with Crippen LogP contribution in [-0.4, -0.2) is 26.6 Å². The molecule has 0 atom stereocenters. The third kappa shape index (κ3) is 3.59. The zero-order chi connectivity index (χ0) is 20.2. The zero-order valence-electron chi connectivity index (χ0n) is 15.1. The standard InChI is InChI=1S/C21H15N5O3/c27-19(17-12-6-7-13-22-17)23-24-20(28)18-15-10-4-5-11-16(15)21(29)26(25-18)14-8-2-1-3-9-14/h1-13H,(H,23,27)(H,24,28). The molecular formula is C21H15N5O3. The molecule has 8 nitrogen and oxygen atoms in total. The van der Waals surface area contributed by atoms with Crippen molar-refractivity contribution in [1.82, 2.24) is 25.6 Å². The van der Waals surface area contributed by atoms with Gasteiger partial charge in [0.2, 0.25) is 0 Å². The summed E-state index contributed by atoms with van der Waals surface area (Å²) >= 11 is 0. The van der Waals surface area contributed by atoms with E-state index in [1.165, 1.54) is 12.3 Å². The number of pyridine rings is 1. The molecule has 2 aromatic heterocycles. The second-order valence-electron chi connectivity index (χ2n) is 6.07. The molecule has 0 saturated carbocycles. The monoisotopic (exact) mass is 385 g/mol. The predicted octanol–water partition coefficient (Wildman–Crippen LogP) is 1.86. The molecule has 2 N–H and O–H groups in total. The van der Waals surface area contributed by atoms with Crippen molar-refractivity contribution in [2.45, 2.75) is 0 Å². The summed E-state index contributed by atoms with van der Waals surface area (Å²) in [7, 11) is 0. The van der Waals surface area contributed by atoms with Gasteiger partial charge in [0.1, 0.15) is 5.69 Å². The molecule has 2 aromatic carbocycles. The number of amides is 2. The van der Waals surface area contributed by atoms with Gasteiger partial charge in [-0.3, -0.25) is 30.2 Å². The van der Waals surface area contributed by atoms with Gasteiger partial charge in [0.05, 0.1) is 11.1 Å². The molecule has 29 heavy (non-hydrogen) atoms. The van der Waals surface area contributed by atoms with E-state index in [2.05, 4.69) is 20.9 Å². The number of hydrazine groups is 1. The number of fused-ring (bicyclic) bond motifs is 1. The summed E-state index contributed by atoms with van der Waals surface area (Å²) in [6, 6.07) is 20.3. The van der Waals surface area contributed by atoms with Crippen LogP contribution in [0.3, 0.4) is 0 Å². The Labute approximate surface area is 164 Å². The fourth-order valence-corrected chi connectivity index (χ4v) is 2.84. The van der Waals surface area contributed by atoms with Crippen LogP contribution in [-0.2, 0) is 0 Å². The lowest BCUT2D eigenvalue weighted by molar-refractivity contribution is 0.0841. The Morgan fingerprint density at radius 1 is 0.759 bits per heavy atom. The molecular weight excluding hydrogens is 370 g/mol. The number of para-hydroxylation sites is 1. The van der Waals surface area contributed by atoms with Crippen LogP contribution >= 0.6 is 0 Å². The highest BCUT2D eigenvalue weighted by molar-refractivity contribution is 6.05. The Morgan fingerprint density at radius 3 is 2.14 bits per heavy atom. The maximum absolute atomic E-state index is 12.8. The highest BCUT2D eigenvalue weighted by atomic mass is 16.2. The van der Waals surface area contributed by atoms with Gasteiger partial charge in [-0.15, -0.1) is 0 Å². The molecule has 0 unspecified atom stereocenters. The fraction of sp³-hybridized carbons (Fsp3) is 0. The number of rotatable bonds is 3. The SMILES string of the molecule is O=C(NNC(=O)c1nn(-c2ccccc2)c(=O)c2ccccc12)c1ccccn1.